The Kier molecular flexibility index (Phi) is 4.63. The predicted molar refractivity (Wildman–Crippen MR) is 95.8 cm³/mol. The lowest BCUT2D eigenvalue weighted by molar-refractivity contribution is 0.102. The van der Waals surface area contributed by atoms with E-state index in [1.165, 1.54) is 17.8 Å². The van der Waals surface area contributed by atoms with E-state index in [4.69, 9.17) is 5.73 Å². The monoisotopic (exact) mass is 359 g/mol. The van der Waals surface area contributed by atoms with Crippen LogP contribution in [0.3, 0.4) is 0 Å². The first-order valence-electron chi connectivity index (χ1n) is 7.66. The maximum Gasteiger partial charge on any atom is 0.216 e. The predicted octanol–water partition coefficient (Wildman–Crippen LogP) is 3.22. The van der Waals surface area contributed by atoms with Crippen LogP contribution in [0, 0.1) is 26.6 Å². The van der Waals surface area contributed by atoms with E-state index in [0.29, 0.717) is 22.0 Å². The number of nitrogens with two attached hydrogens (primary N) is 1. The fraction of sp³-hybridized carbons (Fsp3) is 0.235. The quantitative estimate of drug-likeness (QED) is 0.539. The lowest BCUT2D eigenvalue weighted by Gasteiger charge is -2.11. The molecule has 25 heavy (non-hydrogen) atoms. The third kappa shape index (κ3) is 3.43. The molecule has 0 radical (unpaired) electrons. The summed E-state index contributed by atoms with van der Waals surface area (Å²) in [7, 11) is 0. The van der Waals surface area contributed by atoms with Crippen molar-refractivity contribution < 1.29 is 9.18 Å². The number of Topliss-reactive ketones (excluding diaryl/α,β-unsaturated/α-hetero) is 1. The average molecular weight is 359 g/mol. The minimum absolute atomic E-state index is 0.0414. The Labute approximate surface area is 148 Å². The SMILES string of the molecule is Cc1ccc(-n2c(C)cc(C(=O)CSc3n[nH]c(N)n3)c2C)cc1F. The molecule has 6 nitrogen and oxygen atoms in total. The van der Waals surface area contributed by atoms with Crippen molar-refractivity contribution in [1.82, 2.24) is 19.7 Å². The highest BCUT2D eigenvalue weighted by molar-refractivity contribution is 7.99. The van der Waals surface area contributed by atoms with E-state index < -0.39 is 0 Å². The van der Waals surface area contributed by atoms with Crippen LogP contribution in [0.25, 0.3) is 5.69 Å². The second kappa shape index (κ2) is 6.72. The molecule has 0 amide bonds. The number of halogens is 1. The maximum absolute atomic E-state index is 13.9. The number of anilines is 1. The van der Waals surface area contributed by atoms with Crippen LogP contribution in [0.15, 0.2) is 29.4 Å². The van der Waals surface area contributed by atoms with Gasteiger partial charge in [0.2, 0.25) is 11.1 Å². The van der Waals surface area contributed by atoms with Crippen molar-refractivity contribution in [3.8, 4) is 5.69 Å². The molecule has 0 spiro atoms. The summed E-state index contributed by atoms with van der Waals surface area (Å²) >= 11 is 1.22. The van der Waals surface area contributed by atoms with Crippen LogP contribution in [0.4, 0.5) is 10.3 Å². The molecule has 2 heterocycles. The number of thioether (sulfide) groups is 1. The van der Waals surface area contributed by atoms with E-state index in [2.05, 4.69) is 15.2 Å². The minimum atomic E-state index is -0.268. The van der Waals surface area contributed by atoms with Gasteiger partial charge in [0.1, 0.15) is 5.82 Å². The summed E-state index contributed by atoms with van der Waals surface area (Å²) in [6.07, 6.45) is 0. The Hall–Kier alpha value is -2.61. The first-order valence-corrected chi connectivity index (χ1v) is 8.64. The number of carbonyl (C=O) groups is 1. The number of nitrogens with zero attached hydrogens (tertiary/aromatic N) is 3. The second-order valence-electron chi connectivity index (χ2n) is 5.77. The zero-order valence-corrected chi connectivity index (χ0v) is 14.9. The van der Waals surface area contributed by atoms with Crippen LogP contribution in [0.1, 0.15) is 27.3 Å². The van der Waals surface area contributed by atoms with Crippen LogP contribution in [0.2, 0.25) is 0 Å². The van der Waals surface area contributed by atoms with Gasteiger partial charge in [-0.2, -0.15) is 4.98 Å². The molecule has 2 aromatic heterocycles. The molecule has 3 rings (SSSR count). The molecule has 0 unspecified atom stereocenters. The third-order valence-corrected chi connectivity index (χ3v) is 4.81. The third-order valence-electron chi connectivity index (χ3n) is 3.96. The molecule has 0 saturated carbocycles. The standard InChI is InChI=1S/C17H18FN5OS/c1-9-4-5-12(7-14(9)18)23-10(2)6-13(11(23)3)15(24)8-25-17-20-16(19)21-22-17/h4-7H,8H2,1-3H3,(H3,19,20,21,22). The number of hydrogen-bond acceptors (Lipinski definition) is 5. The topological polar surface area (TPSA) is 89.6 Å². The number of nitrogens with one attached hydrogen (secondary N) is 1. The molecule has 0 aliphatic carbocycles. The Morgan fingerprint density at radius 2 is 2.08 bits per heavy atom. The number of aromatic nitrogens is 4. The van der Waals surface area contributed by atoms with Crippen molar-refractivity contribution in [2.45, 2.75) is 25.9 Å². The van der Waals surface area contributed by atoms with Crippen molar-refractivity contribution in [3.05, 3.63) is 52.6 Å². The molecular formula is C17H18FN5OS. The van der Waals surface area contributed by atoms with Crippen LogP contribution in [-0.2, 0) is 0 Å². The van der Waals surface area contributed by atoms with E-state index in [1.807, 2.05) is 30.5 Å². The van der Waals surface area contributed by atoms with Gasteiger partial charge in [-0.3, -0.25) is 4.79 Å². The van der Waals surface area contributed by atoms with Crippen molar-refractivity contribution in [2.24, 2.45) is 0 Å². The van der Waals surface area contributed by atoms with Gasteiger partial charge in [0.15, 0.2) is 5.78 Å². The number of H-pyrrole nitrogens is 1. The molecule has 0 bridgehead atoms. The first kappa shape index (κ1) is 17.2. The summed E-state index contributed by atoms with van der Waals surface area (Å²) in [5, 5.41) is 6.86. The number of rotatable bonds is 5. The van der Waals surface area contributed by atoms with Gasteiger partial charge in [0.05, 0.1) is 5.75 Å². The van der Waals surface area contributed by atoms with E-state index >= 15 is 0 Å². The van der Waals surface area contributed by atoms with Crippen molar-refractivity contribution in [2.75, 3.05) is 11.5 Å². The maximum atomic E-state index is 13.9. The summed E-state index contributed by atoms with van der Waals surface area (Å²) in [6.45, 7) is 5.47. The largest absolute Gasteiger partial charge is 0.368 e. The molecular weight excluding hydrogens is 341 g/mol. The molecule has 0 aliphatic heterocycles. The highest BCUT2D eigenvalue weighted by atomic mass is 32.2. The zero-order chi connectivity index (χ0) is 18.1. The van der Waals surface area contributed by atoms with Crippen molar-refractivity contribution in [1.29, 1.82) is 0 Å². The van der Waals surface area contributed by atoms with Gasteiger partial charge in [-0.25, -0.2) is 9.49 Å². The molecule has 0 fully saturated rings. The first-order chi connectivity index (χ1) is 11.9. The number of carbonyl (C=O) groups excluding carboxylic acids is 1. The highest BCUT2D eigenvalue weighted by Crippen LogP contribution is 2.24. The van der Waals surface area contributed by atoms with Gasteiger partial charge in [-0.15, -0.1) is 5.10 Å². The highest BCUT2D eigenvalue weighted by Gasteiger charge is 2.18. The smallest absolute Gasteiger partial charge is 0.216 e. The van der Waals surface area contributed by atoms with Gasteiger partial charge in [0, 0.05) is 22.6 Å². The normalized spacial score (nSPS) is 11.0. The van der Waals surface area contributed by atoms with Gasteiger partial charge in [-0.05, 0) is 44.5 Å². The molecule has 130 valence electrons. The molecule has 3 aromatic rings. The van der Waals surface area contributed by atoms with Gasteiger partial charge >= 0.3 is 0 Å². The van der Waals surface area contributed by atoms with Crippen LogP contribution in [-0.4, -0.2) is 31.3 Å². The van der Waals surface area contributed by atoms with E-state index in [9.17, 15) is 9.18 Å². The molecule has 3 N–H and O–H groups in total. The van der Waals surface area contributed by atoms with Crippen LogP contribution in [0.5, 0.6) is 0 Å². The average Bonchev–Trinajstić information content (AvgIpc) is 3.11. The van der Waals surface area contributed by atoms with Crippen LogP contribution >= 0.6 is 11.8 Å². The molecule has 1 aromatic carbocycles. The Balaban J connectivity index is 1.85. The number of benzene rings is 1. The summed E-state index contributed by atoms with van der Waals surface area (Å²) < 4.78 is 15.8. The van der Waals surface area contributed by atoms with Crippen LogP contribution < -0.4 is 5.73 Å². The summed E-state index contributed by atoms with van der Waals surface area (Å²) in [5.41, 5.74) is 9.01. The van der Waals surface area contributed by atoms with Gasteiger partial charge < -0.3 is 10.3 Å². The van der Waals surface area contributed by atoms with Crippen molar-refractivity contribution >= 4 is 23.5 Å². The zero-order valence-electron chi connectivity index (χ0n) is 14.1. The van der Waals surface area contributed by atoms with E-state index in [0.717, 1.165) is 11.4 Å². The Morgan fingerprint density at radius 1 is 1.32 bits per heavy atom. The summed E-state index contributed by atoms with van der Waals surface area (Å²) in [5.74, 6) is 0.106. The molecule has 0 aliphatic rings. The number of aryl methyl sites for hydroxylation is 2. The fourth-order valence-corrected chi connectivity index (χ4v) is 3.38. The molecule has 0 atom stereocenters. The number of hydrogen-bond donors (Lipinski definition) is 2. The Morgan fingerprint density at radius 3 is 2.72 bits per heavy atom. The summed E-state index contributed by atoms with van der Waals surface area (Å²) in [6, 6.07) is 6.88. The van der Waals surface area contributed by atoms with E-state index in [1.54, 1.807) is 13.0 Å². The molecule has 8 heteroatoms. The van der Waals surface area contributed by atoms with Gasteiger partial charge in [-0.1, -0.05) is 17.8 Å². The number of aromatic amines is 1. The lowest BCUT2D eigenvalue weighted by Crippen LogP contribution is -2.06. The van der Waals surface area contributed by atoms with Crippen molar-refractivity contribution in [3.63, 3.8) is 0 Å². The van der Waals surface area contributed by atoms with E-state index in [-0.39, 0.29) is 23.3 Å². The Bertz CT molecular complexity index is 947. The minimum Gasteiger partial charge on any atom is -0.368 e. The summed E-state index contributed by atoms with van der Waals surface area (Å²) in [4.78, 5) is 16.5. The number of nitrogen functional groups attached to an aromatic ring is 1. The molecule has 0 saturated heterocycles. The lowest BCUT2D eigenvalue weighted by atomic mass is 10.2. The van der Waals surface area contributed by atoms with Gasteiger partial charge in [0.25, 0.3) is 0 Å². The fourth-order valence-electron chi connectivity index (χ4n) is 2.69. The second-order valence-corrected chi connectivity index (χ2v) is 6.71. The number of ketones is 1.